The number of benzene rings is 1. The van der Waals surface area contributed by atoms with Gasteiger partial charge in [-0.25, -0.2) is 4.98 Å². The summed E-state index contributed by atoms with van der Waals surface area (Å²) in [6, 6.07) is 7.70. The Balaban J connectivity index is 1.87. The lowest BCUT2D eigenvalue weighted by molar-refractivity contribution is -0.116. The normalized spacial score (nSPS) is 10.7. The second-order valence-electron chi connectivity index (χ2n) is 3.54. The molecule has 92 valence electrons. The number of hydrogen-bond donors (Lipinski definition) is 2. The van der Waals surface area contributed by atoms with E-state index in [9.17, 15) is 4.79 Å². The van der Waals surface area contributed by atoms with E-state index in [0.717, 1.165) is 10.0 Å². The summed E-state index contributed by atoms with van der Waals surface area (Å²) in [5, 5.41) is 9.06. The number of carbonyl (C=O) groups is 1. The van der Waals surface area contributed by atoms with E-state index in [-0.39, 0.29) is 5.91 Å². The van der Waals surface area contributed by atoms with Gasteiger partial charge in [-0.05, 0) is 23.8 Å². The topological polar surface area (TPSA) is 70.7 Å². The van der Waals surface area contributed by atoms with Crippen molar-refractivity contribution in [1.82, 2.24) is 20.5 Å². The quantitative estimate of drug-likeness (QED) is 0.848. The lowest BCUT2D eigenvalue weighted by atomic mass is 10.2. The standard InChI is InChI=1S/C12H11BrN4O/c13-10-3-1-2-9(6-10)4-5-12(18)14-7-11-15-8-16-17-11/h1-6,8H,7H2,(H,14,18)(H,15,16,17)/b5-4+. The molecule has 0 unspecified atom stereocenters. The van der Waals surface area contributed by atoms with Crippen LogP contribution < -0.4 is 5.32 Å². The first kappa shape index (κ1) is 12.5. The highest BCUT2D eigenvalue weighted by molar-refractivity contribution is 9.10. The highest BCUT2D eigenvalue weighted by atomic mass is 79.9. The number of H-pyrrole nitrogens is 1. The predicted molar refractivity (Wildman–Crippen MR) is 71.4 cm³/mol. The van der Waals surface area contributed by atoms with Gasteiger partial charge >= 0.3 is 0 Å². The molecule has 2 aromatic rings. The Morgan fingerprint density at radius 1 is 1.50 bits per heavy atom. The fraction of sp³-hybridized carbons (Fsp3) is 0.0833. The molecule has 5 nitrogen and oxygen atoms in total. The molecule has 0 bridgehead atoms. The van der Waals surface area contributed by atoms with Gasteiger partial charge in [-0.1, -0.05) is 28.1 Å². The number of halogens is 1. The molecule has 0 aliphatic carbocycles. The van der Waals surface area contributed by atoms with Crippen molar-refractivity contribution in [1.29, 1.82) is 0 Å². The molecule has 1 heterocycles. The Morgan fingerprint density at radius 3 is 3.11 bits per heavy atom. The number of rotatable bonds is 4. The summed E-state index contributed by atoms with van der Waals surface area (Å²) in [6.07, 6.45) is 4.64. The Kier molecular flexibility index (Phi) is 4.25. The first-order valence-corrected chi connectivity index (χ1v) is 6.09. The zero-order valence-corrected chi connectivity index (χ0v) is 11.0. The van der Waals surface area contributed by atoms with Crippen LogP contribution in [0.4, 0.5) is 0 Å². The largest absolute Gasteiger partial charge is 0.345 e. The van der Waals surface area contributed by atoms with Crippen LogP contribution in [0, 0.1) is 0 Å². The van der Waals surface area contributed by atoms with Crippen molar-refractivity contribution in [3.8, 4) is 0 Å². The zero-order chi connectivity index (χ0) is 12.8. The molecule has 18 heavy (non-hydrogen) atoms. The van der Waals surface area contributed by atoms with Crippen molar-refractivity contribution in [2.45, 2.75) is 6.54 Å². The zero-order valence-electron chi connectivity index (χ0n) is 9.43. The van der Waals surface area contributed by atoms with Crippen LogP contribution in [0.3, 0.4) is 0 Å². The average molecular weight is 307 g/mol. The second kappa shape index (κ2) is 6.11. The predicted octanol–water partition coefficient (Wildman–Crippen LogP) is 1.90. The molecular formula is C12H11BrN4O. The Bertz CT molecular complexity index is 551. The van der Waals surface area contributed by atoms with E-state index in [1.54, 1.807) is 6.08 Å². The fourth-order valence-electron chi connectivity index (χ4n) is 1.33. The van der Waals surface area contributed by atoms with E-state index in [1.807, 2.05) is 24.3 Å². The summed E-state index contributed by atoms with van der Waals surface area (Å²) in [4.78, 5) is 15.4. The number of aromatic amines is 1. The fourth-order valence-corrected chi connectivity index (χ4v) is 1.74. The van der Waals surface area contributed by atoms with Crippen LogP contribution >= 0.6 is 15.9 Å². The molecule has 0 atom stereocenters. The second-order valence-corrected chi connectivity index (χ2v) is 4.45. The first-order chi connectivity index (χ1) is 8.74. The summed E-state index contributed by atoms with van der Waals surface area (Å²) < 4.78 is 0.978. The van der Waals surface area contributed by atoms with Crippen molar-refractivity contribution >= 4 is 27.9 Å². The summed E-state index contributed by atoms with van der Waals surface area (Å²) >= 11 is 3.37. The van der Waals surface area contributed by atoms with E-state index in [4.69, 9.17) is 0 Å². The van der Waals surface area contributed by atoms with E-state index in [2.05, 4.69) is 36.4 Å². The molecule has 0 saturated carbocycles. The molecule has 6 heteroatoms. The maximum Gasteiger partial charge on any atom is 0.244 e. The van der Waals surface area contributed by atoms with E-state index in [0.29, 0.717) is 12.4 Å². The van der Waals surface area contributed by atoms with Crippen molar-refractivity contribution < 1.29 is 4.79 Å². The van der Waals surface area contributed by atoms with Gasteiger partial charge < -0.3 is 5.32 Å². The SMILES string of the molecule is O=C(/C=C/c1cccc(Br)c1)NCc1ncn[nH]1. The van der Waals surface area contributed by atoms with Crippen molar-refractivity contribution in [3.63, 3.8) is 0 Å². The van der Waals surface area contributed by atoms with Crippen molar-refractivity contribution in [3.05, 3.63) is 52.5 Å². The van der Waals surface area contributed by atoms with Gasteiger partial charge in [0.15, 0.2) is 0 Å². The third-order valence-corrected chi connectivity index (χ3v) is 2.66. The van der Waals surface area contributed by atoms with Gasteiger partial charge in [-0.15, -0.1) is 0 Å². The molecule has 0 aliphatic heterocycles. The number of hydrogen-bond acceptors (Lipinski definition) is 3. The van der Waals surface area contributed by atoms with Gasteiger partial charge in [0.05, 0.1) is 6.54 Å². The minimum atomic E-state index is -0.175. The molecule has 1 amide bonds. The number of nitrogens with one attached hydrogen (secondary N) is 2. The molecule has 1 aromatic heterocycles. The van der Waals surface area contributed by atoms with Crippen LogP contribution in [0.2, 0.25) is 0 Å². The van der Waals surface area contributed by atoms with Gasteiger partial charge in [-0.2, -0.15) is 5.10 Å². The third-order valence-electron chi connectivity index (χ3n) is 2.17. The van der Waals surface area contributed by atoms with Gasteiger partial charge in [0.25, 0.3) is 0 Å². The highest BCUT2D eigenvalue weighted by Gasteiger charge is 1.98. The molecule has 1 aromatic carbocycles. The Labute approximate surface area is 112 Å². The number of carbonyl (C=O) groups excluding carboxylic acids is 1. The molecule has 0 spiro atoms. The minimum absolute atomic E-state index is 0.175. The van der Waals surface area contributed by atoms with Gasteiger partial charge in [0, 0.05) is 10.5 Å². The van der Waals surface area contributed by atoms with E-state index >= 15 is 0 Å². The summed E-state index contributed by atoms with van der Waals surface area (Å²) in [5.74, 6) is 0.450. The molecular weight excluding hydrogens is 296 g/mol. The highest BCUT2D eigenvalue weighted by Crippen LogP contribution is 2.12. The first-order valence-electron chi connectivity index (χ1n) is 5.30. The Morgan fingerprint density at radius 2 is 2.39 bits per heavy atom. The van der Waals surface area contributed by atoms with Gasteiger partial charge in [0.1, 0.15) is 12.2 Å². The Hall–Kier alpha value is -1.95. The van der Waals surface area contributed by atoms with Crippen LogP contribution in [0.25, 0.3) is 6.08 Å². The van der Waals surface area contributed by atoms with Gasteiger partial charge in [-0.3, -0.25) is 9.89 Å². The summed E-state index contributed by atoms with van der Waals surface area (Å²) in [7, 11) is 0. The molecule has 0 saturated heterocycles. The van der Waals surface area contributed by atoms with E-state index < -0.39 is 0 Å². The monoisotopic (exact) mass is 306 g/mol. The molecule has 2 N–H and O–H groups in total. The smallest absolute Gasteiger partial charge is 0.244 e. The molecule has 0 fully saturated rings. The average Bonchev–Trinajstić information content (AvgIpc) is 2.87. The van der Waals surface area contributed by atoms with Crippen LogP contribution in [0.1, 0.15) is 11.4 Å². The maximum absolute atomic E-state index is 11.5. The van der Waals surface area contributed by atoms with Crippen LogP contribution in [0.5, 0.6) is 0 Å². The summed E-state index contributed by atoms with van der Waals surface area (Å²) in [5.41, 5.74) is 0.958. The molecule has 0 radical (unpaired) electrons. The third kappa shape index (κ3) is 3.81. The van der Waals surface area contributed by atoms with Crippen molar-refractivity contribution in [2.75, 3.05) is 0 Å². The molecule has 2 rings (SSSR count). The maximum atomic E-state index is 11.5. The van der Waals surface area contributed by atoms with Crippen LogP contribution in [0.15, 0.2) is 41.1 Å². The van der Waals surface area contributed by atoms with Gasteiger partial charge in [0.2, 0.25) is 5.91 Å². The van der Waals surface area contributed by atoms with E-state index in [1.165, 1.54) is 12.4 Å². The number of aromatic nitrogens is 3. The molecule has 0 aliphatic rings. The van der Waals surface area contributed by atoms with Crippen LogP contribution in [-0.4, -0.2) is 21.1 Å². The number of nitrogens with zero attached hydrogens (tertiary/aromatic N) is 2. The van der Waals surface area contributed by atoms with Crippen molar-refractivity contribution in [2.24, 2.45) is 0 Å². The minimum Gasteiger partial charge on any atom is -0.345 e. The summed E-state index contributed by atoms with van der Waals surface area (Å²) in [6.45, 7) is 0.335. The lowest BCUT2D eigenvalue weighted by Crippen LogP contribution is -2.20. The van der Waals surface area contributed by atoms with Crippen LogP contribution in [-0.2, 0) is 11.3 Å². The number of amides is 1. The lowest BCUT2D eigenvalue weighted by Gasteiger charge is -1.98.